The number of likely N-dealkylation sites (N-methyl/N-ethyl adjacent to an activating group) is 1. The van der Waals surface area contributed by atoms with Crippen molar-refractivity contribution in [1.82, 2.24) is 15.2 Å². The van der Waals surface area contributed by atoms with Crippen LogP contribution in [0.15, 0.2) is 18.3 Å². The van der Waals surface area contributed by atoms with E-state index < -0.39 is 17.4 Å². The molecule has 18 heavy (non-hydrogen) atoms. The van der Waals surface area contributed by atoms with Gasteiger partial charge in [0.15, 0.2) is 0 Å². The topological polar surface area (TPSA) is 85.4 Å². The first-order valence-corrected chi connectivity index (χ1v) is 5.66. The average molecular weight is 253 g/mol. The smallest absolute Gasteiger partial charge is 0.274 e. The summed E-state index contributed by atoms with van der Waals surface area (Å²) in [6, 6.07) is 3.27. The lowest BCUT2D eigenvalue weighted by Crippen LogP contribution is -2.49. The van der Waals surface area contributed by atoms with Crippen LogP contribution in [0, 0.1) is 0 Å². The van der Waals surface area contributed by atoms with Crippen LogP contribution in [0.4, 0.5) is 0 Å². The van der Waals surface area contributed by atoms with Gasteiger partial charge in [-0.15, -0.1) is 0 Å². The molecular formula is C12H19N3O3. The van der Waals surface area contributed by atoms with Crippen molar-refractivity contribution in [2.24, 2.45) is 0 Å². The van der Waals surface area contributed by atoms with Crippen LogP contribution in [-0.2, 0) is 4.79 Å². The molecule has 0 aliphatic heterocycles. The number of aromatic amines is 1. The van der Waals surface area contributed by atoms with Crippen LogP contribution in [0.3, 0.4) is 0 Å². The number of carbonyl (C=O) groups is 2. The molecule has 2 amide bonds. The molecule has 6 nitrogen and oxygen atoms in total. The first-order chi connectivity index (χ1) is 8.36. The van der Waals surface area contributed by atoms with Gasteiger partial charge in [0, 0.05) is 11.7 Å². The first-order valence-electron chi connectivity index (χ1n) is 5.66. The van der Waals surface area contributed by atoms with Crippen LogP contribution in [0.5, 0.6) is 0 Å². The molecule has 0 aliphatic rings. The lowest BCUT2D eigenvalue weighted by Gasteiger charge is -2.33. The number of hydrogen-bond acceptors (Lipinski definition) is 4. The van der Waals surface area contributed by atoms with Gasteiger partial charge < -0.3 is 10.1 Å². The Morgan fingerprint density at radius 2 is 2.17 bits per heavy atom. The Bertz CT molecular complexity index is 412. The minimum absolute atomic E-state index is 0.0417. The van der Waals surface area contributed by atoms with Gasteiger partial charge in [-0.05, 0) is 33.0 Å². The van der Waals surface area contributed by atoms with Gasteiger partial charge in [-0.2, -0.15) is 0 Å². The van der Waals surface area contributed by atoms with Gasteiger partial charge in [0.25, 0.3) is 5.91 Å². The quantitative estimate of drug-likeness (QED) is 0.688. The normalized spacial score (nSPS) is 11.6. The van der Waals surface area contributed by atoms with Gasteiger partial charge in [0.2, 0.25) is 5.91 Å². The van der Waals surface area contributed by atoms with Gasteiger partial charge >= 0.3 is 0 Å². The summed E-state index contributed by atoms with van der Waals surface area (Å²) in [4.78, 5) is 27.6. The van der Waals surface area contributed by atoms with Crippen molar-refractivity contribution in [2.75, 3.05) is 20.2 Å². The molecule has 1 heterocycles. The third-order valence-electron chi connectivity index (χ3n) is 2.90. The molecule has 0 radical (unpaired) electrons. The first kappa shape index (κ1) is 14.4. The molecule has 0 bridgehead atoms. The van der Waals surface area contributed by atoms with E-state index in [-0.39, 0.29) is 13.2 Å². The Balaban J connectivity index is 2.50. The van der Waals surface area contributed by atoms with Gasteiger partial charge in [0.1, 0.15) is 5.69 Å². The monoisotopic (exact) mass is 253 g/mol. The van der Waals surface area contributed by atoms with Crippen molar-refractivity contribution in [1.29, 1.82) is 0 Å². The Kier molecular flexibility index (Phi) is 4.63. The van der Waals surface area contributed by atoms with Crippen molar-refractivity contribution in [3.05, 3.63) is 24.0 Å². The summed E-state index contributed by atoms with van der Waals surface area (Å²) in [5.74, 6) is -0.862. The molecule has 3 N–H and O–H groups in total. The molecule has 6 heteroatoms. The van der Waals surface area contributed by atoms with E-state index in [2.05, 4.69) is 10.3 Å². The fourth-order valence-electron chi connectivity index (χ4n) is 1.26. The molecule has 0 atom stereocenters. The lowest BCUT2D eigenvalue weighted by molar-refractivity contribution is -0.122. The predicted octanol–water partition coefficient (Wildman–Crippen LogP) is -0.0262. The highest BCUT2D eigenvalue weighted by Crippen LogP contribution is 2.09. The fourth-order valence-corrected chi connectivity index (χ4v) is 1.26. The predicted molar refractivity (Wildman–Crippen MR) is 67.1 cm³/mol. The van der Waals surface area contributed by atoms with E-state index in [0.29, 0.717) is 5.69 Å². The zero-order chi connectivity index (χ0) is 13.8. The highest BCUT2D eigenvalue weighted by Gasteiger charge is 2.24. The number of nitrogens with one attached hydrogen (secondary N) is 2. The number of aromatic nitrogens is 1. The molecule has 1 aromatic rings. The van der Waals surface area contributed by atoms with E-state index in [0.717, 1.165) is 0 Å². The van der Waals surface area contributed by atoms with Crippen molar-refractivity contribution >= 4 is 11.8 Å². The van der Waals surface area contributed by atoms with Crippen molar-refractivity contribution in [3.8, 4) is 0 Å². The number of H-pyrrole nitrogens is 1. The summed E-state index contributed by atoms with van der Waals surface area (Å²) < 4.78 is 0. The molecule has 100 valence electrons. The molecular weight excluding hydrogens is 234 g/mol. The summed E-state index contributed by atoms with van der Waals surface area (Å²) in [6.07, 6.45) is 1.61. The highest BCUT2D eigenvalue weighted by atomic mass is 16.3. The second kappa shape index (κ2) is 5.79. The van der Waals surface area contributed by atoms with E-state index in [1.807, 2.05) is 13.8 Å². The van der Waals surface area contributed by atoms with Crippen molar-refractivity contribution in [2.45, 2.75) is 19.4 Å². The number of rotatable bonds is 5. The number of carbonyl (C=O) groups excluding carboxylic acids is 2. The summed E-state index contributed by atoms with van der Waals surface area (Å²) >= 11 is 0. The zero-order valence-corrected chi connectivity index (χ0v) is 10.9. The van der Waals surface area contributed by atoms with Crippen molar-refractivity contribution in [3.63, 3.8) is 0 Å². The summed E-state index contributed by atoms with van der Waals surface area (Å²) in [5, 5.41) is 11.4. The van der Waals surface area contributed by atoms with E-state index in [1.54, 1.807) is 30.3 Å². The van der Waals surface area contributed by atoms with Gasteiger partial charge in [0.05, 0.1) is 13.2 Å². The summed E-state index contributed by atoms with van der Waals surface area (Å²) in [5.41, 5.74) is -0.167. The minimum atomic E-state index is -0.507. The van der Waals surface area contributed by atoms with E-state index in [9.17, 15) is 9.59 Å². The number of nitrogens with zero attached hydrogens (tertiary/aromatic N) is 1. The maximum Gasteiger partial charge on any atom is 0.274 e. The van der Waals surface area contributed by atoms with Crippen LogP contribution in [0.1, 0.15) is 24.3 Å². The molecule has 0 spiro atoms. The molecule has 1 rings (SSSR count). The standard InChI is InChI=1S/C12H19N3O3/c1-12(2,8-16)15(3)7-10(17)14-11(18)9-5-4-6-13-9/h4-6,13,16H,7-8H2,1-3H3,(H,14,17,18). The summed E-state index contributed by atoms with van der Waals surface area (Å²) in [7, 11) is 1.72. The van der Waals surface area contributed by atoms with Gasteiger partial charge in [-0.1, -0.05) is 0 Å². The SMILES string of the molecule is CN(CC(=O)NC(=O)c1ccc[nH]1)C(C)(C)CO. The fraction of sp³-hybridized carbons (Fsp3) is 0.500. The third kappa shape index (κ3) is 3.68. The van der Waals surface area contributed by atoms with Crippen LogP contribution < -0.4 is 5.32 Å². The maximum absolute atomic E-state index is 11.7. The molecule has 0 aliphatic carbocycles. The largest absolute Gasteiger partial charge is 0.394 e. The van der Waals surface area contributed by atoms with Gasteiger partial charge in [-0.3, -0.25) is 19.8 Å². The second-order valence-corrected chi connectivity index (χ2v) is 4.79. The van der Waals surface area contributed by atoms with Crippen LogP contribution >= 0.6 is 0 Å². The molecule has 0 saturated heterocycles. The molecule has 0 fully saturated rings. The third-order valence-corrected chi connectivity index (χ3v) is 2.90. The Morgan fingerprint density at radius 3 is 2.67 bits per heavy atom. The van der Waals surface area contributed by atoms with Crippen LogP contribution in [0.25, 0.3) is 0 Å². The Hall–Kier alpha value is -1.66. The Labute approximate surface area is 106 Å². The van der Waals surface area contributed by atoms with E-state index in [1.165, 1.54) is 0 Å². The number of imide groups is 1. The molecule has 0 aromatic carbocycles. The van der Waals surface area contributed by atoms with Crippen LogP contribution in [-0.4, -0.2) is 52.5 Å². The van der Waals surface area contributed by atoms with E-state index >= 15 is 0 Å². The minimum Gasteiger partial charge on any atom is -0.394 e. The maximum atomic E-state index is 11.7. The van der Waals surface area contributed by atoms with Gasteiger partial charge in [-0.25, -0.2) is 0 Å². The second-order valence-electron chi connectivity index (χ2n) is 4.79. The highest BCUT2D eigenvalue weighted by molar-refractivity contribution is 6.04. The zero-order valence-electron chi connectivity index (χ0n) is 10.9. The number of aliphatic hydroxyl groups is 1. The molecule has 0 unspecified atom stereocenters. The van der Waals surface area contributed by atoms with E-state index in [4.69, 9.17) is 5.11 Å². The Morgan fingerprint density at radius 1 is 1.50 bits per heavy atom. The average Bonchev–Trinajstić information content (AvgIpc) is 2.82. The molecule has 0 saturated carbocycles. The number of hydrogen-bond donors (Lipinski definition) is 3. The van der Waals surface area contributed by atoms with Crippen LogP contribution in [0.2, 0.25) is 0 Å². The molecule has 1 aromatic heterocycles. The number of amides is 2. The number of aliphatic hydroxyl groups excluding tert-OH is 1. The van der Waals surface area contributed by atoms with Crippen molar-refractivity contribution < 1.29 is 14.7 Å². The summed E-state index contributed by atoms with van der Waals surface area (Å²) in [6.45, 7) is 3.60. The lowest BCUT2D eigenvalue weighted by atomic mass is 10.1.